The van der Waals surface area contributed by atoms with Crippen molar-refractivity contribution in [3.63, 3.8) is 0 Å². The van der Waals surface area contributed by atoms with Crippen molar-refractivity contribution < 1.29 is 14.3 Å². The summed E-state index contributed by atoms with van der Waals surface area (Å²) in [5.74, 6) is -0.947. The number of hydrogen-bond acceptors (Lipinski definition) is 6. The molecule has 144 valence electrons. The summed E-state index contributed by atoms with van der Waals surface area (Å²) in [6.07, 6.45) is 2.44. The number of amides is 1. The molecule has 0 spiro atoms. The predicted octanol–water partition coefficient (Wildman–Crippen LogP) is 2.25. The number of nitrogens with zero attached hydrogens (tertiary/aromatic N) is 3. The monoisotopic (exact) mass is 401 g/mol. The molecule has 1 aromatic carbocycles. The van der Waals surface area contributed by atoms with Gasteiger partial charge in [0.1, 0.15) is 22.8 Å². The lowest BCUT2D eigenvalue weighted by molar-refractivity contribution is 0.0527. The van der Waals surface area contributed by atoms with Gasteiger partial charge in [0.05, 0.1) is 12.8 Å². The largest absolute Gasteiger partial charge is 0.462 e. The number of benzene rings is 1. The SMILES string of the molecule is CCOC(=O)c1cnn(C)c1NC(=O)c1cnc(-c2ccc(Cl)cc2)[nH]c1=O. The lowest BCUT2D eigenvalue weighted by atomic mass is 10.2. The molecule has 0 bridgehead atoms. The van der Waals surface area contributed by atoms with Crippen LogP contribution in [0.15, 0.2) is 41.5 Å². The maximum absolute atomic E-state index is 12.5. The summed E-state index contributed by atoms with van der Waals surface area (Å²) in [7, 11) is 1.55. The number of H-pyrrole nitrogens is 1. The standard InChI is InChI=1S/C18H16ClN5O4/c1-3-28-18(27)12-9-21-24(2)15(12)23-17(26)13-8-20-14(22-16(13)25)10-4-6-11(19)7-5-10/h4-9H,3H2,1-2H3,(H,23,26)(H,20,22,25). The molecule has 2 N–H and O–H groups in total. The van der Waals surface area contributed by atoms with Crippen LogP contribution in [0.5, 0.6) is 0 Å². The van der Waals surface area contributed by atoms with E-state index in [0.717, 1.165) is 0 Å². The fraction of sp³-hybridized carbons (Fsp3) is 0.167. The number of ether oxygens (including phenoxy) is 1. The normalized spacial score (nSPS) is 10.5. The first-order valence-electron chi connectivity index (χ1n) is 8.26. The zero-order valence-electron chi connectivity index (χ0n) is 15.0. The summed E-state index contributed by atoms with van der Waals surface area (Å²) in [6, 6.07) is 6.72. The minimum Gasteiger partial charge on any atom is -0.462 e. The van der Waals surface area contributed by atoms with Crippen molar-refractivity contribution in [3.8, 4) is 11.4 Å². The molecular weight excluding hydrogens is 386 g/mol. The Labute approximate surface area is 164 Å². The van der Waals surface area contributed by atoms with E-state index in [2.05, 4.69) is 20.4 Å². The van der Waals surface area contributed by atoms with Crippen LogP contribution in [-0.4, -0.2) is 38.2 Å². The van der Waals surface area contributed by atoms with Crippen LogP contribution in [-0.2, 0) is 11.8 Å². The number of anilines is 1. The van der Waals surface area contributed by atoms with Crippen LogP contribution < -0.4 is 10.9 Å². The van der Waals surface area contributed by atoms with Crippen molar-refractivity contribution in [3.05, 3.63) is 63.2 Å². The fourth-order valence-corrected chi connectivity index (χ4v) is 2.56. The van der Waals surface area contributed by atoms with E-state index < -0.39 is 17.4 Å². The van der Waals surface area contributed by atoms with Gasteiger partial charge >= 0.3 is 5.97 Å². The number of carbonyl (C=O) groups is 2. The summed E-state index contributed by atoms with van der Waals surface area (Å²) in [4.78, 5) is 43.5. The first kappa shape index (κ1) is 19.3. The highest BCUT2D eigenvalue weighted by Gasteiger charge is 2.21. The smallest absolute Gasteiger partial charge is 0.343 e. The van der Waals surface area contributed by atoms with Crippen LogP contribution in [0.4, 0.5) is 5.82 Å². The summed E-state index contributed by atoms with van der Waals surface area (Å²) >= 11 is 5.85. The third kappa shape index (κ3) is 3.94. The quantitative estimate of drug-likeness (QED) is 0.633. The van der Waals surface area contributed by atoms with Crippen LogP contribution in [0.1, 0.15) is 27.6 Å². The third-order valence-corrected chi connectivity index (χ3v) is 4.08. The molecule has 0 fully saturated rings. The number of halogens is 1. The molecule has 0 saturated carbocycles. The Morgan fingerprint density at radius 1 is 1.21 bits per heavy atom. The third-order valence-electron chi connectivity index (χ3n) is 3.83. The van der Waals surface area contributed by atoms with Gasteiger partial charge < -0.3 is 15.0 Å². The molecule has 3 rings (SSSR count). The number of nitrogens with one attached hydrogen (secondary N) is 2. The van der Waals surface area contributed by atoms with Gasteiger partial charge in [-0.25, -0.2) is 9.78 Å². The highest BCUT2D eigenvalue weighted by molar-refractivity contribution is 6.30. The van der Waals surface area contributed by atoms with Gasteiger partial charge in [0.25, 0.3) is 11.5 Å². The summed E-state index contributed by atoms with van der Waals surface area (Å²) in [6.45, 7) is 1.84. The highest BCUT2D eigenvalue weighted by atomic mass is 35.5. The van der Waals surface area contributed by atoms with Crippen molar-refractivity contribution in [2.45, 2.75) is 6.92 Å². The van der Waals surface area contributed by atoms with Gasteiger partial charge in [-0.1, -0.05) is 11.6 Å². The van der Waals surface area contributed by atoms with Crippen LogP contribution in [0.2, 0.25) is 5.02 Å². The number of rotatable bonds is 5. The lowest BCUT2D eigenvalue weighted by Gasteiger charge is -2.08. The van der Waals surface area contributed by atoms with Crippen molar-refractivity contribution in [1.29, 1.82) is 0 Å². The second kappa shape index (κ2) is 8.05. The van der Waals surface area contributed by atoms with Crippen LogP contribution in [0.25, 0.3) is 11.4 Å². The van der Waals surface area contributed by atoms with Crippen LogP contribution in [0.3, 0.4) is 0 Å². The van der Waals surface area contributed by atoms with Gasteiger partial charge in [-0.2, -0.15) is 5.10 Å². The van der Waals surface area contributed by atoms with Gasteiger partial charge in [-0.05, 0) is 31.2 Å². The summed E-state index contributed by atoms with van der Waals surface area (Å²) < 4.78 is 6.23. The molecule has 28 heavy (non-hydrogen) atoms. The Morgan fingerprint density at radius 3 is 2.57 bits per heavy atom. The lowest BCUT2D eigenvalue weighted by Crippen LogP contribution is -2.25. The second-order valence-corrected chi connectivity index (χ2v) is 6.12. The summed E-state index contributed by atoms with van der Waals surface area (Å²) in [5.41, 5.74) is -0.115. The molecule has 0 radical (unpaired) electrons. The first-order valence-corrected chi connectivity index (χ1v) is 8.64. The Bertz CT molecular complexity index is 1090. The van der Waals surface area contributed by atoms with E-state index >= 15 is 0 Å². The molecule has 9 nitrogen and oxygen atoms in total. The van der Waals surface area contributed by atoms with Crippen LogP contribution >= 0.6 is 11.6 Å². The van der Waals surface area contributed by atoms with Crippen LogP contribution in [0, 0.1) is 0 Å². The Hall–Kier alpha value is -3.46. The maximum Gasteiger partial charge on any atom is 0.343 e. The van der Waals surface area contributed by atoms with E-state index in [-0.39, 0.29) is 23.6 Å². The fourth-order valence-electron chi connectivity index (χ4n) is 2.43. The number of esters is 1. The van der Waals surface area contributed by atoms with Crippen molar-refractivity contribution in [1.82, 2.24) is 19.7 Å². The molecule has 1 amide bonds. The minimum absolute atomic E-state index is 0.0832. The average molecular weight is 402 g/mol. The highest BCUT2D eigenvalue weighted by Crippen LogP contribution is 2.18. The van der Waals surface area contributed by atoms with E-state index in [1.54, 1.807) is 38.2 Å². The van der Waals surface area contributed by atoms with E-state index in [0.29, 0.717) is 16.4 Å². The van der Waals surface area contributed by atoms with E-state index in [1.165, 1.54) is 17.1 Å². The zero-order valence-corrected chi connectivity index (χ0v) is 15.8. The molecule has 0 aliphatic carbocycles. The van der Waals surface area contributed by atoms with Gasteiger partial charge in [0.15, 0.2) is 0 Å². The van der Waals surface area contributed by atoms with Crippen molar-refractivity contribution in [2.24, 2.45) is 7.05 Å². The number of aromatic amines is 1. The number of aromatic nitrogens is 4. The molecular formula is C18H16ClN5O4. The van der Waals surface area contributed by atoms with E-state index in [4.69, 9.17) is 16.3 Å². The van der Waals surface area contributed by atoms with Crippen molar-refractivity contribution in [2.75, 3.05) is 11.9 Å². The topological polar surface area (TPSA) is 119 Å². The van der Waals surface area contributed by atoms with Crippen molar-refractivity contribution >= 4 is 29.3 Å². The second-order valence-electron chi connectivity index (χ2n) is 5.69. The Balaban J connectivity index is 1.86. The summed E-state index contributed by atoms with van der Waals surface area (Å²) in [5, 5.41) is 7.00. The molecule has 0 unspecified atom stereocenters. The molecule has 0 atom stereocenters. The molecule has 2 heterocycles. The van der Waals surface area contributed by atoms with Gasteiger partial charge in [0.2, 0.25) is 0 Å². The molecule has 0 saturated heterocycles. The Kier molecular flexibility index (Phi) is 5.55. The molecule has 10 heteroatoms. The molecule has 2 aromatic heterocycles. The molecule has 0 aliphatic rings. The van der Waals surface area contributed by atoms with Gasteiger partial charge in [-0.3, -0.25) is 14.3 Å². The zero-order chi connectivity index (χ0) is 20.3. The van der Waals surface area contributed by atoms with Gasteiger partial charge in [0, 0.05) is 23.8 Å². The number of aryl methyl sites for hydroxylation is 1. The van der Waals surface area contributed by atoms with Gasteiger partial charge in [-0.15, -0.1) is 0 Å². The number of carbonyl (C=O) groups excluding carboxylic acids is 2. The van der Waals surface area contributed by atoms with E-state index in [9.17, 15) is 14.4 Å². The molecule has 0 aliphatic heterocycles. The average Bonchev–Trinajstić information content (AvgIpc) is 3.03. The first-order chi connectivity index (χ1) is 13.4. The van der Waals surface area contributed by atoms with E-state index in [1.807, 2.05) is 0 Å². The Morgan fingerprint density at radius 2 is 1.93 bits per heavy atom. The molecule has 3 aromatic rings. The predicted molar refractivity (Wildman–Crippen MR) is 102 cm³/mol. The maximum atomic E-state index is 12.5. The minimum atomic E-state index is -0.731. The number of hydrogen-bond donors (Lipinski definition) is 2.